The van der Waals surface area contributed by atoms with Crippen molar-refractivity contribution in [2.24, 2.45) is 11.7 Å². The third kappa shape index (κ3) is 3.28. The molecular weight excluding hydrogens is 260 g/mol. The zero-order valence-corrected chi connectivity index (χ0v) is 12.3. The lowest BCUT2D eigenvalue weighted by atomic mass is 9.76. The van der Waals surface area contributed by atoms with Crippen LogP contribution in [0, 0.1) is 12.8 Å². The SMILES string of the molecule is Cc1ccc(Cl)c(NC(=O)C2(N)CCCC(C)C2)c1. The number of carbonyl (C=O) groups is 1. The van der Waals surface area contributed by atoms with Crippen LogP contribution in [0.25, 0.3) is 0 Å². The van der Waals surface area contributed by atoms with E-state index in [2.05, 4.69) is 12.2 Å². The topological polar surface area (TPSA) is 55.1 Å². The second kappa shape index (κ2) is 5.51. The molecule has 1 saturated carbocycles. The lowest BCUT2D eigenvalue weighted by Crippen LogP contribution is -2.53. The molecule has 2 rings (SSSR count). The Hall–Kier alpha value is -1.06. The third-order valence-corrected chi connectivity index (χ3v) is 4.18. The number of benzene rings is 1. The number of amides is 1. The van der Waals surface area contributed by atoms with E-state index in [9.17, 15) is 4.79 Å². The number of anilines is 1. The van der Waals surface area contributed by atoms with Gasteiger partial charge in [-0.15, -0.1) is 0 Å². The predicted molar refractivity (Wildman–Crippen MR) is 79.4 cm³/mol. The number of aryl methyl sites for hydroxylation is 1. The maximum Gasteiger partial charge on any atom is 0.244 e. The summed E-state index contributed by atoms with van der Waals surface area (Å²) < 4.78 is 0. The Labute approximate surface area is 119 Å². The van der Waals surface area contributed by atoms with E-state index in [-0.39, 0.29) is 5.91 Å². The third-order valence-electron chi connectivity index (χ3n) is 3.85. The van der Waals surface area contributed by atoms with Crippen LogP contribution in [0.1, 0.15) is 38.2 Å². The maximum absolute atomic E-state index is 12.4. The van der Waals surface area contributed by atoms with Gasteiger partial charge in [0.1, 0.15) is 0 Å². The quantitative estimate of drug-likeness (QED) is 0.871. The average Bonchev–Trinajstić information content (AvgIpc) is 2.33. The van der Waals surface area contributed by atoms with Gasteiger partial charge < -0.3 is 11.1 Å². The van der Waals surface area contributed by atoms with Crippen molar-refractivity contribution in [1.82, 2.24) is 0 Å². The van der Waals surface area contributed by atoms with Gasteiger partial charge in [0, 0.05) is 0 Å². The van der Waals surface area contributed by atoms with E-state index in [1.165, 1.54) is 0 Å². The molecular formula is C15H21ClN2O. The molecule has 0 heterocycles. The summed E-state index contributed by atoms with van der Waals surface area (Å²) in [6.45, 7) is 4.11. The number of rotatable bonds is 2. The normalized spacial score (nSPS) is 27.1. The van der Waals surface area contributed by atoms with Crippen molar-refractivity contribution in [2.45, 2.75) is 45.1 Å². The molecule has 0 aromatic heterocycles. The standard InChI is InChI=1S/C15H21ClN2O/c1-10-5-6-12(16)13(8-10)18-14(19)15(17)7-3-4-11(2)9-15/h5-6,8,11H,3-4,7,9,17H2,1-2H3,(H,18,19). The molecule has 1 aromatic rings. The Morgan fingerprint density at radius 2 is 2.26 bits per heavy atom. The van der Waals surface area contributed by atoms with Gasteiger partial charge in [0.25, 0.3) is 0 Å². The van der Waals surface area contributed by atoms with E-state index in [0.717, 1.165) is 31.2 Å². The Kier molecular flexibility index (Phi) is 4.16. The van der Waals surface area contributed by atoms with Gasteiger partial charge in [-0.05, 0) is 43.4 Å². The van der Waals surface area contributed by atoms with Gasteiger partial charge in [0.15, 0.2) is 0 Å². The lowest BCUT2D eigenvalue weighted by Gasteiger charge is -2.35. The molecule has 1 aromatic carbocycles. The Morgan fingerprint density at radius 1 is 1.53 bits per heavy atom. The highest BCUT2D eigenvalue weighted by atomic mass is 35.5. The number of carbonyl (C=O) groups excluding carboxylic acids is 1. The zero-order chi connectivity index (χ0) is 14.0. The van der Waals surface area contributed by atoms with Crippen molar-refractivity contribution in [2.75, 3.05) is 5.32 Å². The molecule has 1 aliphatic rings. The van der Waals surface area contributed by atoms with Gasteiger partial charge in [-0.1, -0.05) is 37.4 Å². The highest BCUT2D eigenvalue weighted by molar-refractivity contribution is 6.33. The van der Waals surface area contributed by atoms with Gasteiger partial charge in [0.2, 0.25) is 5.91 Å². The summed E-state index contributed by atoms with van der Waals surface area (Å²) in [6, 6.07) is 5.58. The van der Waals surface area contributed by atoms with E-state index in [4.69, 9.17) is 17.3 Å². The van der Waals surface area contributed by atoms with E-state index in [1.807, 2.05) is 19.1 Å². The van der Waals surface area contributed by atoms with E-state index in [0.29, 0.717) is 16.6 Å². The first kappa shape index (κ1) is 14.4. The molecule has 1 amide bonds. The predicted octanol–water partition coefficient (Wildman–Crippen LogP) is 3.49. The minimum Gasteiger partial charge on any atom is -0.323 e. The molecule has 0 saturated heterocycles. The number of hydrogen-bond donors (Lipinski definition) is 2. The van der Waals surface area contributed by atoms with Crippen LogP contribution in [0.4, 0.5) is 5.69 Å². The molecule has 104 valence electrons. The Balaban J connectivity index is 2.14. The van der Waals surface area contributed by atoms with Crippen molar-refractivity contribution in [3.63, 3.8) is 0 Å². The van der Waals surface area contributed by atoms with E-state index in [1.54, 1.807) is 6.07 Å². The fourth-order valence-corrected chi connectivity index (χ4v) is 2.94. The van der Waals surface area contributed by atoms with Crippen LogP contribution < -0.4 is 11.1 Å². The smallest absolute Gasteiger partial charge is 0.244 e. The second-order valence-corrected chi connectivity index (χ2v) is 6.20. The van der Waals surface area contributed by atoms with Crippen LogP contribution in [0.2, 0.25) is 5.02 Å². The summed E-state index contributed by atoms with van der Waals surface area (Å²) >= 11 is 6.10. The second-order valence-electron chi connectivity index (χ2n) is 5.80. The maximum atomic E-state index is 12.4. The highest BCUT2D eigenvalue weighted by Gasteiger charge is 2.38. The van der Waals surface area contributed by atoms with Crippen LogP contribution in [-0.2, 0) is 4.79 Å². The minimum atomic E-state index is -0.759. The zero-order valence-electron chi connectivity index (χ0n) is 11.5. The molecule has 0 aliphatic heterocycles. The van der Waals surface area contributed by atoms with Crippen molar-refractivity contribution >= 4 is 23.2 Å². The fraction of sp³-hybridized carbons (Fsp3) is 0.533. The number of nitrogens with two attached hydrogens (primary N) is 1. The molecule has 0 bridgehead atoms. The summed E-state index contributed by atoms with van der Waals surface area (Å²) in [4.78, 5) is 12.4. The van der Waals surface area contributed by atoms with Gasteiger partial charge in [-0.25, -0.2) is 0 Å². The first-order chi connectivity index (χ1) is 8.90. The van der Waals surface area contributed by atoms with Gasteiger partial charge in [-0.2, -0.15) is 0 Å². The Morgan fingerprint density at radius 3 is 2.95 bits per heavy atom. The van der Waals surface area contributed by atoms with Gasteiger partial charge >= 0.3 is 0 Å². The van der Waals surface area contributed by atoms with Crippen LogP contribution in [0.15, 0.2) is 18.2 Å². The summed E-state index contributed by atoms with van der Waals surface area (Å²) in [5.41, 5.74) is 7.22. The molecule has 2 atom stereocenters. The van der Waals surface area contributed by atoms with Crippen LogP contribution in [0.3, 0.4) is 0 Å². The molecule has 0 spiro atoms. The Bertz CT molecular complexity index is 489. The van der Waals surface area contributed by atoms with Crippen LogP contribution in [-0.4, -0.2) is 11.4 Å². The highest BCUT2D eigenvalue weighted by Crippen LogP contribution is 2.32. The van der Waals surface area contributed by atoms with Crippen molar-refractivity contribution in [3.8, 4) is 0 Å². The van der Waals surface area contributed by atoms with Crippen LogP contribution >= 0.6 is 11.6 Å². The molecule has 4 heteroatoms. The molecule has 0 radical (unpaired) electrons. The molecule has 3 N–H and O–H groups in total. The fourth-order valence-electron chi connectivity index (χ4n) is 2.78. The monoisotopic (exact) mass is 280 g/mol. The number of nitrogens with one attached hydrogen (secondary N) is 1. The molecule has 1 fully saturated rings. The van der Waals surface area contributed by atoms with Gasteiger partial charge in [0.05, 0.1) is 16.2 Å². The summed E-state index contributed by atoms with van der Waals surface area (Å²) in [5.74, 6) is 0.379. The van der Waals surface area contributed by atoms with Crippen LogP contribution in [0.5, 0.6) is 0 Å². The summed E-state index contributed by atoms with van der Waals surface area (Å²) in [7, 11) is 0. The molecule has 3 nitrogen and oxygen atoms in total. The largest absolute Gasteiger partial charge is 0.323 e. The van der Waals surface area contributed by atoms with E-state index >= 15 is 0 Å². The van der Waals surface area contributed by atoms with Crippen molar-refractivity contribution < 1.29 is 4.79 Å². The first-order valence-electron chi connectivity index (χ1n) is 6.77. The molecule has 2 unspecified atom stereocenters. The van der Waals surface area contributed by atoms with Crippen molar-refractivity contribution in [1.29, 1.82) is 0 Å². The lowest BCUT2D eigenvalue weighted by molar-refractivity contribution is -0.122. The molecule has 1 aliphatic carbocycles. The average molecular weight is 281 g/mol. The van der Waals surface area contributed by atoms with Crippen molar-refractivity contribution in [3.05, 3.63) is 28.8 Å². The summed E-state index contributed by atoms with van der Waals surface area (Å²) in [6.07, 6.45) is 3.64. The minimum absolute atomic E-state index is 0.119. The first-order valence-corrected chi connectivity index (χ1v) is 7.15. The summed E-state index contributed by atoms with van der Waals surface area (Å²) in [5, 5.41) is 3.43. The number of hydrogen-bond acceptors (Lipinski definition) is 2. The number of halogens is 1. The van der Waals surface area contributed by atoms with Gasteiger partial charge in [-0.3, -0.25) is 4.79 Å². The molecule has 19 heavy (non-hydrogen) atoms. The van der Waals surface area contributed by atoms with E-state index < -0.39 is 5.54 Å².